The van der Waals surface area contributed by atoms with Gasteiger partial charge in [-0.15, -0.1) is 13.2 Å². The molecule has 1 aliphatic heterocycles. The summed E-state index contributed by atoms with van der Waals surface area (Å²) in [6, 6.07) is 18.7. The average Bonchev–Trinajstić information content (AvgIpc) is 3.08. The highest BCUT2D eigenvalue weighted by atomic mass is 35.5. The normalized spacial score (nSPS) is 17.7. The molecule has 3 aromatic carbocycles. The molecule has 0 saturated carbocycles. The van der Waals surface area contributed by atoms with E-state index in [9.17, 15) is 18.0 Å². The van der Waals surface area contributed by atoms with Crippen molar-refractivity contribution in [1.82, 2.24) is 0 Å². The molecule has 4 nitrogen and oxygen atoms in total. The van der Waals surface area contributed by atoms with Gasteiger partial charge >= 0.3 is 12.4 Å². The highest BCUT2D eigenvalue weighted by Gasteiger charge is 2.57. The Morgan fingerprint density at radius 1 is 0.886 bits per heavy atom. The third-order valence-corrected chi connectivity index (χ3v) is 6.94. The zero-order valence-electron chi connectivity index (χ0n) is 19.0. The Labute approximate surface area is 211 Å². The Balaban J connectivity index is 1.93. The molecule has 1 aliphatic rings. The van der Waals surface area contributed by atoms with E-state index in [1.807, 2.05) is 13.8 Å². The van der Waals surface area contributed by atoms with Gasteiger partial charge in [0.15, 0.2) is 0 Å². The number of carbonyl (C=O) groups is 1. The summed E-state index contributed by atoms with van der Waals surface area (Å²) in [6.07, 6.45) is -3.75. The molecule has 35 heavy (non-hydrogen) atoms. The summed E-state index contributed by atoms with van der Waals surface area (Å²) in [5.41, 5.74) is 0.971. The SMILES string of the molecule is CCC1(CC)[C@H](c2cccc(OC(F)(F)F)c2)N(c2ccc(Cl)cc2)C(=O)N1c1ccc(Cl)cc1. The minimum Gasteiger partial charge on any atom is -0.406 e. The van der Waals surface area contributed by atoms with Crippen LogP contribution in [-0.2, 0) is 0 Å². The van der Waals surface area contributed by atoms with Gasteiger partial charge in [-0.05, 0) is 79.1 Å². The molecule has 0 radical (unpaired) electrons. The van der Waals surface area contributed by atoms with Crippen LogP contribution >= 0.6 is 23.2 Å². The van der Waals surface area contributed by atoms with Gasteiger partial charge in [-0.1, -0.05) is 49.2 Å². The molecule has 0 aliphatic carbocycles. The van der Waals surface area contributed by atoms with E-state index >= 15 is 0 Å². The molecule has 0 bridgehead atoms. The number of rotatable bonds is 6. The average molecular weight is 523 g/mol. The Morgan fingerprint density at radius 3 is 1.94 bits per heavy atom. The number of alkyl halides is 3. The molecule has 1 fully saturated rings. The summed E-state index contributed by atoms with van der Waals surface area (Å²) < 4.78 is 43.1. The van der Waals surface area contributed by atoms with Crippen molar-refractivity contribution >= 4 is 40.6 Å². The van der Waals surface area contributed by atoms with Crippen LogP contribution in [0, 0.1) is 0 Å². The minimum atomic E-state index is -4.83. The second-order valence-corrected chi connectivity index (χ2v) is 9.15. The van der Waals surface area contributed by atoms with Gasteiger partial charge in [0.2, 0.25) is 0 Å². The predicted octanol–water partition coefficient (Wildman–Crippen LogP) is 8.64. The highest BCUT2D eigenvalue weighted by molar-refractivity contribution is 6.31. The van der Waals surface area contributed by atoms with Crippen molar-refractivity contribution in [2.45, 2.75) is 44.6 Å². The van der Waals surface area contributed by atoms with Crippen molar-refractivity contribution in [3.63, 3.8) is 0 Å². The first-order valence-electron chi connectivity index (χ1n) is 11.1. The molecule has 3 aromatic rings. The minimum absolute atomic E-state index is 0.300. The molecule has 0 unspecified atom stereocenters. The number of carbonyl (C=O) groups excluding carboxylic acids is 1. The molecule has 1 atom stereocenters. The largest absolute Gasteiger partial charge is 0.573 e. The van der Waals surface area contributed by atoms with Crippen molar-refractivity contribution in [3.05, 3.63) is 88.4 Å². The number of hydrogen-bond acceptors (Lipinski definition) is 2. The fourth-order valence-corrected chi connectivity index (χ4v) is 5.14. The summed E-state index contributed by atoms with van der Waals surface area (Å²) in [5, 5.41) is 1.03. The molecular weight excluding hydrogens is 500 g/mol. The molecule has 0 N–H and O–H groups in total. The maximum atomic E-state index is 14.1. The van der Waals surface area contributed by atoms with Crippen molar-refractivity contribution in [2.24, 2.45) is 0 Å². The van der Waals surface area contributed by atoms with Gasteiger partial charge in [0.05, 0.1) is 11.6 Å². The Hall–Kier alpha value is -2.90. The molecule has 1 saturated heterocycles. The molecular formula is C26H23Cl2F3N2O2. The van der Waals surface area contributed by atoms with Crippen LogP contribution in [0.15, 0.2) is 72.8 Å². The van der Waals surface area contributed by atoms with Crippen LogP contribution in [0.25, 0.3) is 0 Å². The topological polar surface area (TPSA) is 32.8 Å². The van der Waals surface area contributed by atoms with E-state index in [1.54, 1.807) is 64.4 Å². The van der Waals surface area contributed by atoms with E-state index in [1.165, 1.54) is 18.2 Å². The fourth-order valence-electron chi connectivity index (χ4n) is 4.88. The van der Waals surface area contributed by atoms with E-state index in [4.69, 9.17) is 23.2 Å². The molecule has 2 amide bonds. The maximum Gasteiger partial charge on any atom is 0.573 e. The molecule has 9 heteroatoms. The van der Waals surface area contributed by atoms with Gasteiger partial charge in [0.1, 0.15) is 5.75 Å². The van der Waals surface area contributed by atoms with Crippen LogP contribution in [0.1, 0.15) is 38.3 Å². The Morgan fingerprint density at radius 2 is 1.43 bits per heavy atom. The van der Waals surface area contributed by atoms with Crippen molar-refractivity contribution in [2.75, 3.05) is 9.80 Å². The van der Waals surface area contributed by atoms with Gasteiger partial charge in [0, 0.05) is 21.4 Å². The summed E-state index contributed by atoms with van der Waals surface area (Å²) in [4.78, 5) is 17.4. The van der Waals surface area contributed by atoms with Crippen LogP contribution in [0.3, 0.4) is 0 Å². The van der Waals surface area contributed by atoms with E-state index < -0.39 is 17.9 Å². The Bertz CT molecular complexity index is 1200. The summed E-state index contributed by atoms with van der Waals surface area (Å²) in [5.74, 6) is -0.343. The molecule has 4 rings (SSSR count). The number of ether oxygens (including phenoxy) is 1. The first-order chi connectivity index (χ1) is 16.6. The second kappa shape index (κ2) is 9.63. The van der Waals surface area contributed by atoms with E-state index in [2.05, 4.69) is 4.74 Å². The zero-order chi connectivity index (χ0) is 25.4. The summed E-state index contributed by atoms with van der Waals surface area (Å²) in [6.45, 7) is 3.93. The van der Waals surface area contributed by atoms with Gasteiger partial charge in [-0.2, -0.15) is 0 Å². The van der Waals surface area contributed by atoms with Crippen LogP contribution in [0.5, 0.6) is 5.75 Å². The molecule has 1 heterocycles. The summed E-state index contributed by atoms with van der Waals surface area (Å²) in [7, 11) is 0. The smallest absolute Gasteiger partial charge is 0.406 e. The van der Waals surface area contributed by atoms with Gasteiger partial charge in [-0.25, -0.2) is 4.79 Å². The van der Waals surface area contributed by atoms with Crippen LogP contribution in [-0.4, -0.2) is 17.9 Å². The molecule has 184 valence electrons. The third-order valence-electron chi connectivity index (χ3n) is 6.43. The van der Waals surface area contributed by atoms with Crippen LogP contribution in [0.2, 0.25) is 10.0 Å². The highest BCUT2D eigenvalue weighted by Crippen LogP contribution is 2.51. The lowest BCUT2D eigenvalue weighted by Crippen LogP contribution is -2.47. The first-order valence-corrected chi connectivity index (χ1v) is 11.9. The standard InChI is InChI=1S/C26H23Cl2F3N2O2/c1-3-25(4-2)23(17-6-5-7-22(16-17)35-26(29,30)31)32(20-12-8-18(27)9-13-20)24(34)33(25)21-14-10-19(28)11-15-21/h5-16,23H,3-4H2,1-2H3/t23-/m0/s1. The Kier molecular flexibility index (Phi) is 6.93. The number of hydrogen-bond donors (Lipinski definition) is 0. The molecule has 0 aromatic heterocycles. The monoisotopic (exact) mass is 522 g/mol. The lowest BCUT2D eigenvalue weighted by Gasteiger charge is -2.40. The number of halogens is 5. The van der Waals surface area contributed by atoms with Gasteiger partial charge < -0.3 is 4.74 Å². The lowest BCUT2D eigenvalue weighted by atomic mass is 9.80. The van der Waals surface area contributed by atoms with Crippen molar-refractivity contribution < 1.29 is 22.7 Å². The van der Waals surface area contributed by atoms with Crippen LogP contribution < -0.4 is 14.5 Å². The van der Waals surface area contributed by atoms with Crippen molar-refractivity contribution in [1.29, 1.82) is 0 Å². The number of urea groups is 1. The quantitative estimate of drug-likeness (QED) is 0.324. The van der Waals surface area contributed by atoms with E-state index in [0.717, 1.165) is 0 Å². The first kappa shape index (κ1) is 25.2. The fraction of sp³-hybridized carbons (Fsp3) is 0.269. The number of nitrogens with zero attached hydrogens (tertiary/aromatic N) is 2. The lowest BCUT2D eigenvalue weighted by molar-refractivity contribution is -0.274. The van der Waals surface area contributed by atoms with Gasteiger partial charge in [0.25, 0.3) is 0 Å². The maximum absolute atomic E-state index is 14.1. The number of amides is 2. The zero-order valence-corrected chi connectivity index (χ0v) is 20.5. The predicted molar refractivity (Wildman–Crippen MR) is 132 cm³/mol. The van der Waals surface area contributed by atoms with Gasteiger partial charge in [-0.3, -0.25) is 9.80 Å². The number of benzene rings is 3. The van der Waals surface area contributed by atoms with Crippen LogP contribution in [0.4, 0.5) is 29.3 Å². The molecule has 0 spiro atoms. The summed E-state index contributed by atoms with van der Waals surface area (Å²) >= 11 is 12.2. The van der Waals surface area contributed by atoms with Crippen molar-refractivity contribution in [3.8, 4) is 5.75 Å². The third kappa shape index (κ3) is 4.80. The second-order valence-electron chi connectivity index (χ2n) is 8.27. The van der Waals surface area contributed by atoms with E-state index in [-0.39, 0.29) is 11.8 Å². The number of anilines is 2. The van der Waals surface area contributed by atoms with E-state index in [0.29, 0.717) is 39.8 Å².